The van der Waals surface area contributed by atoms with Crippen LogP contribution in [0.25, 0.3) is 0 Å². The monoisotopic (exact) mass is 258 g/mol. The number of amides is 3. The van der Waals surface area contributed by atoms with Crippen molar-refractivity contribution in [3.05, 3.63) is 60.7 Å². The molecule has 1 aromatic rings. The smallest absolute Gasteiger partial charge is 0.317 e. The molecule has 1 aromatic carbocycles. The fourth-order valence-electron chi connectivity index (χ4n) is 1.51. The van der Waals surface area contributed by atoms with Crippen molar-refractivity contribution in [2.45, 2.75) is 6.92 Å². The molecule has 1 rings (SSSR count). The van der Waals surface area contributed by atoms with Gasteiger partial charge in [-0.15, -0.1) is 13.2 Å². The van der Waals surface area contributed by atoms with E-state index in [4.69, 9.17) is 0 Å². The van der Waals surface area contributed by atoms with Gasteiger partial charge in [-0.05, 0) is 19.1 Å². The number of nitrogens with zero attached hydrogens (tertiary/aromatic N) is 1. The third-order valence-corrected chi connectivity index (χ3v) is 2.52. The number of carbonyl (C=O) groups is 2. The lowest BCUT2D eigenvalue weighted by Crippen LogP contribution is -2.43. The molecular formula is C15H18N2O2. The maximum absolute atomic E-state index is 11.9. The summed E-state index contributed by atoms with van der Waals surface area (Å²) < 4.78 is 0. The van der Waals surface area contributed by atoms with Crippen LogP contribution in [0.1, 0.15) is 15.9 Å². The first-order valence-electron chi connectivity index (χ1n) is 5.97. The lowest BCUT2D eigenvalue weighted by atomic mass is 10.1. The molecule has 4 nitrogen and oxygen atoms in total. The lowest BCUT2D eigenvalue weighted by Gasteiger charge is -2.19. The fraction of sp³-hybridized carbons (Fsp3) is 0.200. The van der Waals surface area contributed by atoms with Crippen LogP contribution < -0.4 is 5.32 Å². The van der Waals surface area contributed by atoms with E-state index in [1.165, 1.54) is 4.90 Å². The molecule has 0 radical (unpaired) electrons. The zero-order chi connectivity index (χ0) is 14.3. The van der Waals surface area contributed by atoms with Gasteiger partial charge in [0.25, 0.3) is 5.91 Å². The maximum atomic E-state index is 11.9. The molecule has 19 heavy (non-hydrogen) atoms. The minimum absolute atomic E-state index is 0.360. The number of benzene rings is 1. The molecule has 0 atom stereocenters. The van der Waals surface area contributed by atoms with Gasteiger partial charge in [-0.3, -0.25) is 10.1 Å². The van der Waals surface area contributed by atoms with Gasteiger partial charge >= 0.3 is 6.03 Å². The van der Waals surface area contributed by atoms with Gasteiger partial charge in [-0.25, -0.2) is 4.79 Å². The molecule has 0 aromatic heterocycles. The number of rotatable bonds is 5. The third-order valence-electron chi connectivity index (χ3n) is 2.52. The zero-order valence-electron chi connectivity index (χ0n) is 11.1. The summed E-state index contributed by atoms with van der Waals surface area (Å²) in [4.78, 5) is 25.2. The maximum Gasteiger partial charge on any atom is 0.324 e. The van der Waals surface area contributed by atoms with E-state index in [-0.39, 0.29) is 0 Å². The van der Waals surface area contributed by atoms with Crippen molar-refractivity contribution in [1.82, 2.24) is 10.2 Å². The second kappa shape index (κ2) is 7.16. The van der Waals surface area contributed by atoms with Gasteiger partial charge in [-0.1, -0.05) is 29.8 Å². The summed E-state index contributed by atoms with van der Waals surface area (Å²) in [5.41, 5.74) is 1.51. The van der Waals surface area contributed by atoms with Gasteiger partial charge in [0.1, 0.15) is 0 Å². The zero-order valence-corrected chi connectivity index (χ0v) is 11.1. The average Bonchev–Trinajstić information content (AvgIpc) is 2.39. The number of hydrogen-bond acceptors (Lipinski definition) is 2. The standard InChI is InChI=1S/C15H18N2O2/c1-4-10-17(11-5-2)15(19)16-14(18)13-8-6-12(3)7-9-13/h4-9H,1-2,10-11H2,3H3,(H,16,18,19). The van der Waals surface area contributed by atoms with Crippen molar-refractivity contribution in [2.75, 3.05) is 13.1 Å². The SMILES string of the molecule is C=CCN(CC=C)C(=O)NC(=O)c1ccc(C)cc1. The molecule has 0 unspecified atom stereocenters. The Morgan fingerprint density at radius 1 is 1.16 bits per heavy atom. The number of nitrogens with one attached hydrogen (secondary N) is 1. The van der Waals surface area contributed by atoms with Crippen LogP contribution in [0.4, 0.5) is 4.79 Å². The van der Waals surface area contributed by atoms with Crippen molar-refractivity contribution >= 4 is 11.9 Å². The van der Waals surface area contributed by atoms with E-state index in [2.05, 4.69) is 18.5 Å². The van der Waals surface area contributed by atoms with Gasteiger partial charge in [0, 0.05) is 18.7 Å². The molecule has 0 fully saturated rings. The molecule has 1 N–H and O–H groups in total. The number of urea groups is 1. The van der Waals surface area contributed by atoms with Gasteiger partial charge < -0.3 is 4.90 Å². The summed E-state index contributed by atoms with van der Waals surface area (Å²) in [7, 11) is 0. The summed E-state index contributed by atoms with van der Waals surface area (Å²) in [5, 5.41) is 2.34. The Morgan fingerprint density at radius 2 is 1.68 bits per heavy atom. The molecule has 0 bridgehead atoms. The molecule has 0 aliphatic heterocycles. The third kappa shape index (κ3) is 4.43. The van der Waals surface area contributed by atoms with Crippen molar-refractivity contribution in [3.63, 3.8) is 0 Å². The van der Waals surface area contributed by atoms with E-state index in [0.29, 0.717) is 18.7 Å². The molecule has 0 saturated carbocycles. The van der Waals surface area contributed by atoms with Crippen LogP contribution >= 0.6 is 0 Å². The quantitative estimate of drug-likeness (QED) is 0.825. The summed E-state index contributed by atoms with van der Waals surface area (Å²) in [6.07, 6.45) is 3.19. The van der Waals surface area contributed by atoms with Gasteiger partial charge in [0.2, 0.25) is 0 Å². The first-order chi connectivity index (χ1) is 9.08. The highest BCUT2D eigenvalue weighted by atomic mass is 16.2. The second-order valence-electron chi connectivity index (χ2n) is 4.11. The average molecular weight is 258 g/mol. The predicted molar refractivity (Wildman–Crippen MR) is 76.0 cm³/mol. The van der Waals surface area contributed by atoms with Gasteiger partial charge in [0.15, 0.2) is 0 Å². The summed E-state index contributed by atoms with van der Waals surface area (Å²) in [5.74, 6) is -0.414. The molecule has 3 amide bonds. The van der Waals surface area contributed by atoms with Crippen LogP contribution in [-0.4, -0.2) is 29.9 Å². The molecule has 0 spiro atoms. The highest BCUT2D eigenvalue weighted by molar-refractivity contribution is 6.04. The largest absolute Gasteiger partial charge is 0.324 e. The van der Waals surface area contributed by atoms with Crippen LogP contribution in [0.2, 0.25) is 0 Å². The Hall–Kier alpha value is -2.36. The molecule has 0 heterocycles. The van der Waals surface area contributed by atoms with Crippen LogP contribution in [0.15, 0.2) is 49.6 Å². The van der Waals surface area contributed by atoms with Crippen LogP contribution in [-0.2, 0) is 0 Å². The molecule has 4 heteroatoms. The summed E-state index contributed by atoms with van der Waals surface area (Å²) >= 11 is 0. The molecular weight excluding hydrogens is 240 g/mol. The second-order valence-corrected chi connectivity index (χ2v) is 4.11. The highest BCUT2D eigenvalue weighted by Crippen LogP contribution is 2.03. The Kier molecular flexibility index (Phi) is 5.54. The van der Waals surface area contributed by atoms with Crippen LogP contribution in [0.3, 0.4) is 0 Å². The highest BCUT2D eigenvalue weighted by Gasteiger charge is 2.14. The van der Waals surface area contributed by atoms with E-state index < -0.39 is 11.9 Å². The van der Waals surface area contributed by atoms with Crippen molar-refractivity contribution < 1.29 is 9.59 Å². The number of imide groups is 1. The number of hydrogen-bond donors (Lipinski definition) is 1. The van der Waals surface area contributed by atoms with E-state index in [1.807, 2.05) is 19.1 Å². The Labute approximate surface area is 113 Å². The van der Waals surface area contributed by atoms with E-state index >= 15 is 0 Å². The Bertz CT molecular complexity index is 467. The lowest BCUT2D eigenvalue weighted by molar-refractivity contribution is 0.0954. The molecule has 0 aliphatic rings. The molecule has 0 saturated heterocycles. The first-order valence-corrected chi connectivity index (χ1v) is 5.97. The molecule has 0 aliphatic carbocycles. The van der Waals surface area contributed by atoms with Gasteiger partial charge in [0.05, 0.1) is 0 Å². The van der Waals surface area contributed by atoms with Crippen molar-refractivity contribution in [3.8, 4) is 0 Å². The predicted octanol–water partition coefficient (Wildman–Crippen LogP) is 2.52. The molecule has 100 valence electrons. The number of aryl methyl sites for hydroxylation is 1. The Morgan fingerprint density at radius 3 is 2.16 bits per heavy atom. The number of carbonyl (C=O) groups excluding carboxylic acids is 2. The van der Waals surface area contributed by atoms with E-state index in [9.17, 15) is 9.59 Å². The minimum Gasteiger partial charge on any atom is -0.317 e. The first kappa shape index (κ1) is 14.7. The van der Waals surface area contributed by atoms with Crippen molar-refractivity contribution in [2.24, 2.45) is 0 Å². The normalized spacial score (nSPS) is 9.53. The van der Waals surface area contributed by atoms with E-state index in [0.717, 1.165) is 5.56 Å². The van der Waals surface area contributed by atoms with Crippen molar-refractivity contribution in [1.29, 1.82) is 0 Å². The summed E-state index contributed by atoms with van der Waals surface area (Å²) in [6, 6.07) is 6.56. The van der Waals surface area contributed by atoms with E-state index in [1.54, 1.807) is 24.3 Å². The topological polar surface area (TPSA) is 49.4 Å². The van der Waals surface area contributed by atoms with Crippen LogP contribution in [0.5, 0.6) is 0 Å². The fourth-order valence-corrected chi connectivity index (χ4v) is 1.51. The minimum atomic E-state index is -0.453. The summed E-state index contributed by atoms with van der Waals surface area (Å²) in [6.45, 7) is 9.80. The van der Waals surface area contributed by atoms with Crippen LogP contribution in [0, 0.1) is 6.92 Å². The van der Waals surface area contributed by atoms with Gasteiger partial charge in [-0.2, -0.15) is 0 Å². The Balaban J connectivity index is 2.69.